The Morgan fingerprint density at radius 2 is 2.05 bits per heavy atom. The minimum atomic E-state index is -2.90. The Kier molecular flexibility index (Phi) is 7.10. The average Bonchev–Trinajstić information content (AvgIpc) is 2.69. The summed E-state index contributed by atoms with van der Waals surface area (Å²) in [5.41, 5.74) is 1.02. The summed E-state index contributed by atoms with van der Waals surface area (Å²) in [7, 11) is -2.90. The summed E-state index contributed by atoms with van der Waals surface area (Å²) in [6.45, 7) is 7.90. The molecule has 2 N–H and O–H groups in total. The minimum Gasteiger partial charge on any atom is -0.357 e. The molecular formula is C13H24N4O2S2. The van der Waals surface area contributed by atoms with E-state index < -0.39 is 9.84 Å². The fourth-order valence-electron chi connectivity index (χ4n) is 1.75. The minimum absolute atomic E-state index is 0.187. The molecule has 0 spiro atoms. The maximum Gasteiger partial charge on any atom is 0.191 e. The summed E-state index contributed by atoms with van der Waals surface area (Å²) in [6, 6.07) is 0. The average molecular weight is 332 g/mol. The van der Waals surface area contributed by atoms with Gasteiger partial charge in [-0.3, -0.25) is 0 Å². The summed E-state index contributed by atoms with van der Waals surface area (Å²) < 4.78 is 22.1. The highest BCUT2D eigenvalue weighted by molar-refractivity contribution is 7.90. The van der Waals surface area contributed by atoms with E-state index in [4.69, 9.17) is 0 Å². The van der Waals surface area contributed by atoms with Crippen LogP contribution in [0.15, 0.2) is 4.99 Å². The fourth-order valence-corrected chi connectivity index (χ4v) is 3.28. The number of aliphatic imine (C=N–C) groups is 1. The van der Waals surface area contributed by atoms with E-state index in [9.17, 15) is 8.42 Å². The second-order valence-corrected chi connectivity index (χ2v) is 8.39. The largest absolute Gasteiger partial charge is 0.357 e. The van der Waals surface area contributed by atoms with Gasteiger partial charge in [0.25, 0.3) is 0 Å². The first-order valence-corrected chi connectivity index (χ1v) is 9.82. The summed E-state index contributed by atoms with van der Waals surface area (Å²) in [5.74, 6) is 0.892. The number of guanidine groups is 1. The number of aryl methyl sites for hydroxylation is 2. The van der Waals surface area contributed by atoms with Crippen LogP contribution in [0.4, 0.5) is 0 Å². The first-order chi connectivity index (χ1) is 9.81. The van der Waals surface area contributed by atoms with Gasteiger partial charge in [0.15, 0.2) is 5.96 Å². The molecule has 0 amide bonds. The Morgan fingerprint density at radius 1 is 1.33 bits per heavy atom. The Bertz CT molecular complexity index is 579. The summed E-state index contributed by atoms with van der Waals surface area (Å²) in [5, 5.41) is 7.34. The van der Waals surface area contributed by atoms with Gasteiger partial charge >= 0.3 is 0 Å². The van der Waals surface area contributed by atoms with Gasteiger partial charge in [-0.15, -0.1) is 11.3 Å². The highest BCUT2D eigenvalue weighted by Crippen LogP contribution is 2.17. The molecule has 0 saturated carbocycles. The lowest BCUT2D eigenvalue weighted by molar-refractivity contribution is 0.598. The van der Waals surface area contributed by atoms with Gasteiger partial charge in [0.2, 0.25) is 0 Å². The highest BCUT2D eigenvalue weighted by Gasteiger charge is 2.05. The Morgan fingerprint density at radius 3 is 2.57 bits per heavy atom. The molecule has 1 rings (SSSR count). The second-order valence-electron chi connectivity index (χ2n) is 4.85. The summed E-state index contributed by atoms with van der Waals surface area (Å²) in [4.78, 5) is 10.0. The standard InChI is InChI=1S/C13H24N4O2S2/c1-5-14-13(15-7-6-8-21(4,18)19)16-9-12-10(2)17-11(3)20-12/h5-9H2,1-4H3,(H2,14,15,16). The number of sulfone groups is 1. The zero-order chi connectivity index (χ0) is 15.9. The Hall–Kier alpha value is -1.15. The van der Waals surface area contributed by atoms with E-state index in [1.807, 2.05) is 20.8 Å². The van der Waals surface area contributed by atoms with Gasteiger partial charge in [-0.05, 0) is 27.2 Å². The molecule has 0 fully saturated rings. The number of hydrogen-bond acceptors (Lipinski definition) is 5. The second kappa shape index (κ2) is 8.33. The van der Waals surface area contributed by atoms with Crippen LogP contribution in [0.25, 0.3) is 0 Å². The predicted octanol–water partition coefficient (Wildman–Crippen LogP) is 1.25. The van der Waals surface area contributed by atoms with Gasteiger partial charge < -0.3 is 10.6 Å². The molecule has 0 saturated heterocycles. The SMILES string of the molecule is CCNC(=NCc1sc(C)nc1C)NCCCS(C)(=O)=O. The number of thiazole rings is 1. The van der Waals surface area contributed by atoms with Crippen molar-refractivity contribution in [1.29, 1.82) is 0 Å². The lowest BCUT2D eigenvalue weighted by Gasteiger charge is -2.10. The third kappa shape index (κ3) is 7.42. The number of nitrogens with one attached hydrogen (secondary N) is 2. The van der Waals surface area contributed by atoms with Crippen molar-refractivity contribution >= 4 is 27.1 Å². The van der Waals surface area contributed by atoms with Gasteiger partial charge in [-0.25, -0.2) is 18.4 Å². The maximum absolute atomic E-state index is 11.1. The van der Waals surface area contributed by atoms with E-state index in [0.717, 1.165) is 22.1 Å². The quantitative estimate of drug-likeness (QED) is 0.446. The summed E-state index contributed by atoms with van der Waals surface area (Å²) >= 11 is 1.65. The molecule has 120 valence electrons. The van der Waals surface area contributed by atoms with Gasteiger partial charge in [-0.1, -0.05) is 0 Å². The topological polar surface area (TPSA) is 83.4 Å². The number of hydrogen-bond donors (Lipinski definition) is 2. The fraction of sp³-hybridized carbons (Fsp3) is 0.692. The van der Waals surface area contributed by atoms with E-state index in [1.165, 1.54) is 6.26 Å². The van der Waals surface area contributed by atoms with E-state index in [-0.39, 0.29) is 5.75 Å². The lowest BCUT2D eigenvalue weighted by atomic mass is 10.4. The van der Waals surface area contributed by atoms with Crippen molar-refractivity contribution in [2.45, 2.75) is 33.7 Å². The van der Waals surface area contributed by atoms with Crippen LogP contribution in [0, 0.1) is 13.8 Å². The highest BCUT2D eigenvalue weighted by atomic mass is 32.2. The molecular weight excluding hydrogens is 308 g/mol. The first kappa shape index (κ1) is 17.9. The van der Waals surface area contributed by atoms with Crippen LogP contribution >= 0.6 is 11.3 Å². The molecule has 6 nitrogen and oxygen atoms in total. The predicted molar refractivity (Wildman–Crippen MR) is 88.7 cm³/mol. The molecule has 1 aromatic rings. The van der Waals surface area contributed by atoms with Crippen LogP contribution in [-0.2, 0) is 16.4 Å². The third-order valence-corrected chi connectivity index (χ3v) is 4.80. The van der Waals surface area contributed by atoms with Crippen LogP contribution in [0.1, 0.15) is 28.9 Å². The van der Waals surface area contributed by atoms with Crippen molar-refractivity contribution in [2.75, 3.05) is 25.1 Å². The smallest absolute Gasteiger partial charge is 0.191 e. The molecule has 1 aromatic heterocycles. The van der Waals surface area contributed by atoms with Crippen molar-refractivity contribution in [3.05, 3.63) is 15.6 Å². The van der Waals surface area contributed by atoms with E-state index >= 15 is 0 Å². The van der Waals surface area contributed by atoms with Gasteiger partial charge in [0, 0.05) is 24.2 Å². The third-order valence-electron chi connectivity index (χ3n) is 2.71. The molecule has 0 unspecified atom stereocenters. The van der Waals surface area contributed by atoms with Crippen LogP contribution < -0.4 is 10.6 Å². The molecule has 0 aliphatic carbocycles. The van der Waals surface area contributed by atoms with Crippen LogP contribution in [0.2, 0.25) is 0 Å². The van der Waals surface area contributed by atoms with Crippen molar-refractivity contribution in [3.8, 4) is 0 Å². The van der Waals surface area contributed by atoms with E-state index in [0.29, 0.717) is 25.5 Å². The molecule has 1 heterocycles. The summed E-state index contributed by atoms with van der Waals surface area (Å²) in [6.07, 6.45) is 1.82. The number of rotatable bonds is 7. The number of nitrogens with zero attached hydrogens (tertiary/aromatic N) is 2. The van der Waals surface area contributed by atoms with Crippen molar-refractivity contribution < 1.29 is 8.42 Å². The Labute approximate surface area is 131 Å². The van der Waals surface area contributed by atoms with E-state index in [2.05, 4.69) is 20.6 Å². The van der Waals surface area contributed by atoms with E-state index in [1.54, 1.807) is 11.3 Å². The molecule has 0 atom stereocenters. The molecule has 21 heavy (non-hydrogen) atoms. The van der Waals surface area contributed by atoms with Crippen molar-refractivity contribution in [1.82, 2.24) is 15.6 Å². The molecule has 0 radical (unpaired) electrons. The Balaban J connectivity index is 2.52. The van der Waals surface area contributed by atoms with Gasteiger partial charge in [-0.2, -0.15) is 0 Å². The number of aromatic nitrogens is 1. The lowest BCUT2D eigenvalue weighted by Crippen LogP contribution is -2.38. The van der Waals surface area contributed by atoms with Gasteiger partial charge in [0.1, 0.15) is 9.84 Å². The van der Waals surface area contributed by atoms with Crippen LogP contribution in [0.5, 0.6) is 0 Å². The molecule has 0 aromatic carbocycles. The van der Waals surface area contributed by atoms with Gasteiger partial charge in [0.05, 0.1) is 23.0 Å². The zero-order valence-corrected chi connectivity index (χ0v) is 14.7. The van der Waals surface area contributed by atoms with Crippen LogP contribution in [0.3, 0.4) is 0 Å². The van der Waals surface area contributed by atoms with Crippen molar-refractivity contribution in [3.63, 3.8) is 0 Å². The maximum atomic E-state index is 11.1. The molecule has 0 aliphatic heterocycles. The zero-order valence-electron chi connectivity index (χ0n) is 13.1. The van der Waals surface area contributed by atoms with Crippen molar-refractivity contribution in [2.24, 2.45) is 4.99 Å². The molecule has 8 heteroatoms. The van der Waals surface area contributed by atoms with Crippen LogP contribution in [-0.4, -0.2) is 44.5 Å². The molecule has 0 aliphatic rings. The first-order valence-electron chi connectivity index (χ1n) is 6.94. The normalized spacial score (nSPS) is 12.5. The monoisotopic (exact) mass is 332 g/mol. The molecule has 0 bridgehead atoms.